The molecule has 0 radical (unpaired) electrons. The molecule has 87 heavy (non-hydrogen) atoms. The lowest BCUT2D eigenvalue weighted by Crippen LogP contribution is -2.59. The molecule has 1 aliphatic heterocycles. The van der Waals surface area contributed by atoms with Crippen molar-refractivity contribution in [2.24, 2.45) is 52.3 Å². The number of aliphatic hydroxyl groups excluding tert-OH is 2. The monoisotopic (exact) mass is 1230 g/mol. The molecule has 0 saturated carbocycles. The number of amides is 8. The van der Waals surface area contributed by atoms with E-state index in [0.717, 1.165) is 6.42 Å². The molecular weight excluding hydrogens is 1130 g/mol. The predicted molar refractivity (Wildman–Crippen MR) is 321 cm³/mol. The average molecular weight is 1230 g/mol. The van der Waals surface area contributed by atoms with Crippen LogP contribution in [-0.2, 0) is 68.7 Å². The lowest BCUT2D eigenvalue weighted by atomic mass is 9.90. The quantitative estimate of drug-likeness (QED) is 0.0328. The second kappa shape index (κ2) is 40.6. The van der Waals surface area contributed by atoms with Gasteiger partial charge < -0.3 is 86.2 Å². The summed E-state index contributed by atoms with van der Waals surface area (Å²) in [6.07, 6.45) is -5.38. The second-order valence-corrected chi connectivity index (χ2v) is 22.8. The number of ether oxygens (including phenoxy) is 1. The van der Waals surface area contributed by atoms with Gasteiger partial charge in [0.25, 0.3) is 0 Å². The molecule has 1 aliphatic rings. The molecule has 0 spiro atoms. The highest BCUT2D eigenvalue weighted by Crippen LogP contribution is 2.19. The van der Waals surface area contributed by atoms with Crippen LogP contribution in [0, 0.1) is 23.7 Å². The standard InChI is InChI=1S/C59H99N13O15/c1-7-11-34(4)87-51(79)15-14-50(78)66-41(17-23-61)49(77)32-40(35(5)73)55(82)67-42(18-24-62)48(76)31-39-21-27-65-59(86)52(36(6)74)72-54(81)38(16-22-60)30-47(75)43(19-25-63)68-57(84)45(28-33(2)3)70-58(85)46(29-37-12-9-8-10-13-37)71-56(83)44(20-26-64)69-53(39)80/h8-10,12-13,33-36,38-46,52,73-74H,7,11,14-32,60-64H2,1-6H3,(H,65,86)(H,66,78)(H,67,82)(H,68,84)(H,69,80)(H,70,85)(H,71,83)(H,72,81)/t34-,35?,36?,38-,39-,40+,41+,42+,43+,44+,45+,46-,52+/m1/s1. The summed E-state index contributed by atoms with van der Waals surface area (Å²) < 4.78 is 5.30. The number of rotatable bonds is 31. The van der Waals surface area contributed by atoms with E-state index in [1.54, 1.807) is 51.1 Å². The van der Waals surface area contributed by atoms with Gasteiger partial charge in [0, 0.05) is 50.5 Å². The molecule has 1 aromatic rings. The largest absolute Gasteiger partial charge is 0.463 e. The highest BCUT2D eigenvalue weighted by atomic mass is 16.5. The van der Waals surface area contributed by atoms with E-state index in [1.807, 2.05) is 6.92 Å². The Morgan fingerprint density at radius 1 is 0.621 bits per heavy atom. The SMILES string of the molecule is CCC[C@@H](C)OC(=O)CCC(=O)N[C@@H](CCN)C(=O)C[C@H](C(=O)N[C@@H](CCN)C(=O)C[C@H]1CCNC(=O)[C@H](C(C)O)NC(=O)[C@H](CCN)CC(=O)[C@H](CCN)NC(=O)[C@H](CC(C)C)NC(=O)[C@@H](Cc2ccccc2)NC(=O)[C@H](CCN)NC1=O)C(C)O. The fraction of sp³-hybridized carbons (Fsp3) is 0.695. The van der Waals surface area contributed by atoms with Crippen LogP contribution < -0.4 is 71.2 Å². The first-order chi connectivity index (χ1) is 41.2. The molecule has 490 valence electrons. The summed E-state index contributed by atoms with van der Waals surface area (Å²) in [4.78, 5) is 167. The third-order valence-corrected chi connectivity index (χ3v) is 14.8. The van der Waals surface area contributed by atoms with Crippen molar-refractivity contribution in [1.29, 1.82) is 0 Å². The van der Waals surface area contributed by atoms with Crippen LogP contribution in [0.3, 0.4) is 0 Å². The zero-order valence-corrected chi connectivity index (χ0v) is 51.4. The molecule has 1 fully saturated rings. The highest BCUT2D eigenvalue weighted by Gasteiger charge is 2.38. The van der Waals surface area contributed by atoms with Crippen LogP contribution in [0.5, 0.6) is 0 Å². The maximum absolute atomic E-state index is 14.6. The molecule has 20 N–H and O–H groups in total. The van der Waals surface area contributed by atoms with E-state index in [4.69, 9.17) is 33.4 Å². The van der Waals surface area contributed by atoms with Crippen molar-refractivity contribution in [3.8, 4) is 0 Å². The first kappa shape index (κ1) is 76.3. The number of nitrogens with two attached hydrogens (primary N) is 5. The number of carbonyl (C=O) groups excluding carboxylic acids is 12. The Hall–Kier alpha value is -6.82. The smallest absolute Gasteiger partial charge is 0.306 e. The van der Waals surface area contributed by atoms with Crippen LogP contribution >= 0.6 is 0 Å². The van der Waals surface area contributed by atoms with Crippen LogP contribution in [0.25, 0.3) is 0 Å². The first-order valence-electron chi connectivity index (χ1n) is 30.3. The summed E-state index contributed by atoms with van der Waals surface area (Å²) in [6.45, 7) is 8.71. The molecule has 1 heterocycles. The van der Waals surface area contributed by atoms with Crippen LogP contribution in [0.2, 0.25) is 0 Å². The van der Waals surface area contributed by atoms with Crippen LogP contribution in [0.15, 0.2) is 30.3 Å². The number of Topliss-reactive ketones (excluding diaryl/α,β-unsaturated/α-hetero) is 3. The second-order valence-electron chi connectivity index (χ2n) is 22.8. The Morgan fingerprint density at radius 2 is 1.17 bits per heavy atom. The van der Waals surface area contributed by atoms with Gasteiger partial charge in [-0.3, -0.25) is 57.5 Å². The highest BCUT2D eigenvalue weighted by molar-refractivity contribution is 5.99. The van der Waals surface area contributed by atoms with Gasteiger partial charge in [0.1, 0.15) is 24.2 Å². The molecule has 2 unspecified atom stereocenters. The van der Waals surface area contributed by atoms with Gasteiger partial charge in [0.15, 0.2) is 17.3 Å². The number of esters is 1. The lowest BCUT2D eigenvalue weighted by molar-refractivity contribution is -0.149. The number of nitrogens with one attached hydrogen (secondary N) is 8. The third-order valence-electron chi connectivity index (χ3n) is 14.8. The molecule has 0 aromatic heterocycles. The minimum Gasteiger partial charge on any atom is -0.463 e. The summed E-state index contributed by atoms with van der Waals surface area (Å²) >= 11 is 0. The fourth-order valence-electron chi connectivity index (χ4n) is 9.87. The zero-order valence-electron chi connectivity index (χ0n) is 51.4. The summed E-state index contributed by atoms with van der Waals surface area (Å²) in [5.74, 6) is -13.8. The van der Waals surface area contributed by atoms with E-state index in [9.17, 15) is 67.7 Å². The summed E-state index contributed by atoms with van der Waals surface area (Å²) in [6, 6.07) is -1.10. The van der Waals surface area contributed by atoms with E-state index < -0.39 is 169 Å². The van der Waals surface area contributed by atoms with Crippen molar-refractivity contribution in [1.82, 2.24) is 42.5 Å². The van der Waals surface area contributed by atoms with Crippen molar-refractivity contribution >= 4 is 70.6 Å². The summed E-state index contributed by atoms with van der Waals surface area (Å²) in [5, 5.41) is 42.6. The van der Waals surface area contributed by atoms with Crippen molar-refractivity contribution in [3.63, 3.8) is 0 Å². The minimum atomic E-state index is -1.64. The Labute approximate surface area is 510 Å². The first-order valence-corrected chi connectivity index (χ1v) is 30.3. The molecule has 1 aromatic carbocycles. The van der Waals surface area contributed by atoms with Crippen molar-refractivity contribution in [3.05, 3.63) is 35.9 Å². The number of benzene rings is 1. The van der Waals surface area contributed by atoms with Gasteiger partial charge in [-0.15, -0.1) is 0 Å². The van der Waals surface area contributed by atoms with E-state index >= 15 is 0 Å². The maximum atomic E-state index is 14.6. The molecule has 28 heteroatoms. The third kappa shape index (κ3) is 27.8. The topological polar surface area (TPSA) is 481 Å². The Bertz CT molecular complexity index is 2420. The van der Waals surface area contributed by atoms with Crippen molar-refractivity contribution in [2.75, 3.05) is 39.3 Å². The Balaban J connectivity index is 2.66. The predicted octanol–water partition coefficient (Wildman–Crippen LogP) is -3.07. The molecule has 2 rings (SSSR count). The maximum Gasteiger partial charge on any atom is 0.306 e. The van der Waals surface area contributed by atoms with Gasteiger partial charge in [0.05, 0.1) is 48.8 Å². The fourth-order valence-corrected chi connectivity index (χ4v) is 9.87. The van der Waals surface area contributed by atoms with Gasteiger partial charge in [-0.05, 0) is 116 Å². The molecule has 0 aliphatic carbocycles. The van der Waals surface area contributed by atoms with Gasteiger partial charge in [-0.1, -0.05) is 57.5 Å². The van der Waals surface area contributed by atoms with Gasteiger partial charge >= 0.3 is 5.97 Å². The number of hydrogen-bond donors (Lipinski definition) is 15. The summed E-state index contributed by atoms with van der Waals surface area (Å²) in [7, 11) is 0. The molecule has 28 nitrogen and oxygen atoms in total. The molecule has 0 bridgehead atoms. The van der Waals surface area contributed by atoms with Crippen LogP contribution in [0.4, 0.5) is 0 Å². The van der Waals surface area contributed by atoms with E-state index in [2.05, 4.69) is 42.5 Å². The van der Waals surface area contributed by atoms with Crippen molar-refractivity contribution < 1.29 is 72.5 Å². The molecule has 8 amide bonds. The Kier molecular flexibility index (Phi) is 35.6. The van der Waals surface area contributed by atoms with Gasteiger partial charge in [-0.2, -0.15) is 0 Å². The Morgan fingerprint density at radius 3 is 1.75 bits per heavy atom. The number of aliphatic hydroxyl groups is 2. The van der Waals surface area contributed by atoms with Crippen molar-refractivity contribution in [2.45, 2.75) is 198 Å². The van der Waals surface area contributed by atoms with E-state index in [0.29, 0.717) is 12.0 Å². The van der Waals surface area contributed by atoms with E-state index in [1.165, 1.54) is 13.8 Å². The average Bonchev–Trinajstić information content (AvgIpc) is 3.64. The van der Waals surface area contributed by atoms with Crippen LogP contribution in [0.1, 0.15) is 137 Å². The normalized spacial score (nSPS) is 22.7. The number of ketones is 3. The zero-order chi connectivity index (χ0) is 65.3. The lowest BCUT2D eigenvalue weighted by Gasteiger charge is -2.28. The minimum absolute atomic E-state index is 0.0622. The molecule has 13 atom stereocenters. The van der Waals surface area contributed by atoms with Gasteiger partial charge in [-0.25, -0.2) is 0 Å². The van der Waals surface area contributed by atoms with Gasteiger partial charge in [0.2, 0.25) is 47.3 Å². The summed E-state index contributed by atoms with van der Waals surface area (Å²) in [5.41, 5.74) is 30.1. The number of hydrogen-bond acceptors (Lipinski definition) is 20. The molecular formula is C59H99N13O15. The number of carbonyl (C=O) groups is 12. The van der Waals surface area contributed by atoms with E-state index in [-0.39, 0.29) is 109 Å². The molecule has 1 saturated heterocycles. The van der Waals surface area contributed by atoms with Crippen LogP contribution in [-0.4, -0.2) is 181 Å².